The Kier molecular flexibility index (Phi) is 4.17. The van der Waals surface area contributed by atoms with E-state index in [0.29, 0.717) is 6.42 Å². The SMILES string of the molecule is COc1c(C)cnc(CC(N)c2scnc2C)c1C. The molecule has 0 radical (unpaired) electrons. The molecule has 0 aliphatic heterocycles. The fraction of sp³-hybridized carbons (Fsp3) is 0.429. The second-order valence-electron chi connectivity index (χ2n) is 4.66. The first kappa shape index (κ1) is 14.0. The maximum absolute atomic E-state index is 6.26. The van der Waals surface area contributed by atoms with Crippen LogP contribution in [-0.2, 0) is 6.42 Å². The van der Waals surface area contributed by atoms with E-state index in [-0.39, 0.29) is 6.04 Å². The van der Waals surface area contributed by atoms with E-state index in [0.717, 1.165) is 33.1 Å². The second-order valence-corrected chi connectivity index (χ2v) is 5.55. The van der Waals surface area contributed by atoms with Gasteiger partial charge in [-0.05, 0) is 20.8 Å². The van der Waals surface area contributed by atoms with Crippen LogP contribution in [0, 0.1) is 20.8 Å². The normalized spacial score (nSPS) is 12.5. The van der Waals surface area contributed by atoms with Gasteiger partial charge in [-0.2, -0.15) is 0 Å². The molecule has 5 heteroatoms. The Hall–Kier alpha value is -1.46. The van der Waals surface area contributed by atoms with Crippen LogP contribution in [0.1, 0.15) is 33.4 Å². The summed E-state index contributed by atoms with van der Waals surface area (Å²) in [6, 6.07) is -0.0638. The smallest absolute Gasteiger partial charge is 0.128 e. The molecule has 0 spiro atoms. The van der Waals surface area contributed by atoms with Crippen molar-refractivity contribution in [2.75, 3.05) is 7.11 Å². The monoisotopic (exact) mass is 277 g/mol. The first-order valence-electron chi connectivity index (χ1n) is 6.19. The third-order valence-electron chi connectivity index (χ3n) is 3.28. The molecule has 2 heterocycles. The van der Waals surface area contributed by atoms with Gasteiger partial charge in [0.05, 0.1) is 18.3 Å². The van der Waals surface area contributed by atoms with Gasteiger partial charge in [0.1, 0.15) is 5.75 Å². The van der Waals surface area contributed by atoms with Crippen LogP contribution in [-0.4, -0.2) is 17.1 Å². The summed E-state index contributed by atoms with van der Waals surface area (Å²) >= 11 is 1.60. The maximum Gasteiger partial charge on any atom is 0.128 e. The quantitative estimate of drug-likeness (QED) is 0.933. The van der Waals surface area contributed by atoms with Crippen LogP contribution in [0.5, 0.6) is 5.75 Å². The Bertz CT molecular complexity index is 580. The van der Waals surface area contributed by atoms with Gasteiger partial charge in [-0.3, -0.25) is 4.98 Å². The van der Waals surface area contributed by atoms with Crippen molar-refractivity contribution in [3.05, 3.63) is 39.1 Å². The van der Waals surface area contributed by atoms with E-state index in [1.165, 1.54) is 0 Å². The van der Waals surface area contributed by atoms with E-state index in [1.807, 2.05) is 32.5 Å². The van der Waals surface area contributed by atoms with Crippen LogP contribution in [0.2, 0.25) is 0 Å². The molecule has 0 bridgehead atoms. The molecule has 0 saturated heterocycles. The highest BCUT2D eigenvalue weighted by atomic mass is 32.1. The van der Waals surface area contributed by atoms with E-state index in [9.17, 15) is 0 Å². The summed E-state index contributed by atoms with van der Waals surface area (Å²) in [5, 5.41) is 0. The summed E-state index contributed by atoms with van der Waals surface area (Å²) in [7, 11) is 1.69. The van der Waals surface area contributed by atoms with Crippen molar-refractivity contribution in [2.45, 2.75) is 33.2 Å². The lowest BCUT2D eigenvalue weighted by Gasteiger charge is -2.15. The summed E-state index contributed by atoms with van der Waals surface area (Å²) in [5.41, 5.74) is 12.2. The molecule has 2 N–H and O–H groups in total. The number of thiazole rings is 1. The van der Waals surface area contributed by atoms with Gasteiger partial charge in [0, 0.05) is 40.4 Å². The van der Waals surface area contributed by atoms with Gasteiger partial charge in [-0.15, -0.1) is 11.3 Å². The highest BCUT2D eigenvalue weighted by Crippen LogP contribution is 2.28. The predicted molar refractivity (Wildman–Crippen MR) is 77.7 cm³/mol. The van der Waals surface area contributed by atoms with E-state index < -0.39 is 0 Å². The zero-order chi connectivity index (χ0) is 14.0. The first-order valence-corrected chi connectivity index (χ1v) is 7.07. The molecule has 2 rings (SSSR count). The number of hydrogen-bond acceptors (Lipinski definition) is 5. The Morgan fingerprint density at radius 2 is 2.05 bits per heavy atom. The molecule has 19 heavy (non-hydrogen) atoms. The molecule has 1 atom stereocenters. The standard InChI is InChI=1S/C14H19N3OS/c1-8-6-16-12(9(2)13(8)18-4)5-11(15)14-10(3)17-7-19-14/h6-7,11H,5,15H2,1-4H3. The topological polar surface area (TPSA) is 61.0 Å². The zero-order valence-corrected chi connectivity index (χ0v) is 12.5. The second kappa shape index (κ2) is 5.67. The van der Waals surface area contributed by atoms with Gasteiger partial charge >= 0.3 is 0 Å². The fourth-order valence-corrected chi connectivity index (χ4v) is 3.05. The summed E-state index contributed by atoms with van der Waals surface area (Å²) in [5.74, 6) is 0.901. The van der Waals surface area contributed by atoms with E-state index in [4.69, 9.17) is 10.5 Å². The van der Waals surface area contributed by atoms with Crippen molar-refractivity contribution in [2.24, 2.45) is 5.73 Å². The number of pyridine rings is 1. The van der Waals surface area contributed by atoms with Crippen LogP contribution in [0.4, 0.5) is 0 Å². The minimum atomic E-state index is -0.0638. The van der Waals surface area contributed by atoms with Gasteiger partial charge in [0.25, 0.3) is 0 Å². The fourth-order valence-electron chi connectivity index (χ4n) is 2.24. The Morgan fingerprint density at radius 3 is 2.63 bits per heavy atom. The number of nitrogens with zero attached hydrogens (tertiary/aromatic N) is 2. The first-order chi connectivity index (χ1) is 9.04. The number of aryl methyl sites for hydroxylation is 2. The third kappa shape index (κ3) is 2.77. The molecule has 0 amide bonds. The van der Waals surface area contributed by atoms with Crippen molar-refractivity contribution < 1.29 is 4.74 Å². The molecule has 102 valence electrons. The molecular weight excluding hydrogens is 258 g/mol. The number of hydrogen-bond donors (Lipinski definition) is 1. The molecule has 0 aliphatic rings. The summed E-state index contributed by atoms with van der Waals surface area (Å²) < 4.78 is 5.42. The van der Waals surface area contributed by atoms with Crippen LogP contribution >= 0.6 is 11.3 Å². The number of ether oxygens (including phenoxy) is 1. The van der Waals surface area contributed by atoms with Crippen LogP contribution in [0.15, 0.2) is 11.7 Å². The zero-order valence-electron chi connectivity index (χ0n) is 11.7. The molecule has 2 aromatic heterocycles. The lowest BCUT2D eigenvalue weighted by Crippen LogP contribution is -2.15. The van der Waals surface area contributed by atoms with E-state index >= 15 is 0 Å². The molecule has 0 fully saturated rings. The highest BCUT2D eigenvalue weighted by molar-refractivity contribution is 7.09. The summed E-state index contributed by atoms with van der Waals surface area (Å²) in [6.07, 6.45) is 2.54. The minimum absolute atomic E-state index is 0.0638. The number of rotatable bonds is 4. The number of methoxy groups -OCH3 is 1. The lowest BCUT2D eigenvalue weighted by atomic mass is 10.0. The van der Waals surface area contributed by atoms with Crippen molar-refractivity contribution >= 4 is 11.3 Å². The number of nitrogens with two attached hydrogens (primary N) is 1. The average Bonchev–Trinajstić information content (AvgIpc) is 2.80. The Balaban J connectivity index is 2.27. The van der Waals surface area contributed by atoms with E-state index in [2.05, 4.69) is 9.97 Å². The van der Waals surface area contributed by atoms with Gasteiger partial charge in [0.15, 0.2) is 0 Å². The van der Waals surface area contributed by atoms with Crippen LogP contribution in [0.3, 0.4) is 0 Å². The molecule has 1 unspecified atom stereocenters. The van der Waals surface area contributed by atoms with Crippen molar-refractivity contribution in [1.82, 2.24) is 9.97 Å². The molecule has 0 aliphatic carbocycles. The van der Waals surface area contributed by atoms with E-state index in [1.54, 1.807) is 18.4 Å². The van der Waals surface area contributed by atoms with Crippen LogP contribution in [0.25, 0.3) is 0 Å². The molecule has 0 saturated carbocycles. The number of aromatic nitrogens is 2. The van der Waals surface area contributed by atoms with Gasteiger partial charge in [-0.1, -0.05) is 0 Å². The lowest BCUT2D eigenvalue weighted by molar-refractivity contribution is 0.406. The van der Waals surface area contributed by atoms with Crippen molar-refractivity contribution in [3.8, 4) is 5.75 Å². The highest BCUT2D eigenvalue weighted by Gasteiger charge is 2.16. The largest absolute Gasteiger partial charge is 0.496 e. The van der Waals surface area contributed by atoms with Gasteiger partial charge in [-0.25, -0.2) is 4.98 Å². The van der Waals surface area contributed by atoms with Crippen LogP contribution < -0.4 is 10.5 Å². The third-order valence-corrected chi connectivity index (χ3v) is 4.35. The van der Waals surface area contributed by atoms with Crippen molar-refractivity contribution in [3.63, 3.8) is 0 Å². The Labute approximate surface area is 117 Å². The molecular formula is C14H19N3OS. The predicted octanol–water partition coefficient (Wildman–Crippen LogP) is 2.71. The summed E-state index contributed by atoms with van der Waals surface area (Å²) in [4.78, 5) is 9.86. The molecule has 2 aromatic rings. The Morgan fingerprint density at radius 1 is 1.32 bits per heavy atom. The molecule has 0 aromatic carbocycles. The van der Waals surface area contributed by atoms with Crippen molar-refractivity contribution in [1.29, 1.82) is 0 Å². The van der Waals surface area contributed by atoms with Gasteiger partial charge in [0.2, 0.25) is 0 Å². The van der Waals surface area contributed by atoms with Gasteiger partial charge < -0.3 is 10.5 Å². The summed E-state index contributed by atoms with van der Waals surface area (Å²) in [6.45, 7) is 6.01. The average molecular weight is 277 g/mol. The maximum atomic E-state index is 6.26. The molecule has 4 nitrogen and oxygen atoms in total. The minimum Gasteiger partial charge on any atom is -0.496 e.